The van der Waals surface area contributed by atoms with Gasteiger partial charge in [0.05, 0.1) is 0 Å². The van der Waals surface area contributed by atoms with Crippen LogP contribution >= 0.6 is 0 Å². The number of hydrogen-bond acceptors (Lipinski definition) is 1. The van der Waals surface area contributed by atoms with Gasteiger partial charge in [-0.2, -0.15) is 0 Å². The van der Waals surface area contributed by atoms with Crippen LogP contribution in [0.4, 0.5) is 0 Å². The van der Waals surface area contributed by atoms with Crippen molar-refractivity contribution in [3.8, 4) is 0 Å². The lowest BCUT2D eigenvalue weighted by Gasteiger charge is -2.38. The summed E-state index contributed by atoms with van der Waals surface area (Å²) in [7, 11) is -2.82. The fraction of sp³-hybridized carbons (Fsp3) is 0.667. The molecule has 1 N–H and O–H groups in total. The third-order valence-corrected chi connectivity index (χ3v) is 14.4. The highest BCUT2D eigenvalue weighted by Gasteiger charge is 2.35. The van der Waals surface area contributed by atoms with E-state index in [1.807, 2.05) is 0 Å². The van der Waals surface area contributed by atoms with Crippen molar-refractivity contribution >= 4 is 16.5 Å². The largest absolute Gasteiger partial charge is 0.353 e. The molecule has 0 aromatic carbocycles. The number of nitrogens with one attached hydrogen (secondary N) is 1. The molecule has 0 atom stereocenters. The molecule has 0 unspecified atom stereocenters. The topological polar surface area (TPSA) is 12.0 Å². The van der Waals surface area contributed by atoms with E-state index >= 15 is 0 Å². The van der Waals surface area contributed by atoms with Crippen molar-refractivity contribution in [2.75, 3.05) is 0 Å². The van der Waals surface area contributed by atoms with Crippen molar-refractivity contribution < 1.29 is 0 Å². The first kappa shape index (κ1) is 14.9. The summed E-state index contributed by atoms with van der Waals surface area (Å²) < 4.78 is 4.02. The van der Waals surface area contributed by atoms with Crippen LogP contribution in [0.3, 0.4) is 0 Å². The van der Waals surface area contributed by atoms with Crippen LogP contribution in [0, 0.1) is 0 Å². The molecule has 0 saturated carbocycles. The number of hydrogen-bond donors (Lipinski definition) is 1. The van der Waals surface area contributed by atoms with E-state index in [4.69, 9.17) is 0 Å². The van der Waals surface area contributed by atoms with Gasteiger partial charge in [-0.3, -0.25) is 0 Å². The minimum absolute atomic E-state index is 1.25. The fourth-order valence-electron chi connectivity index (χ4n) is 2.03. The molecule has 0 radical (unpaired) electrons. The highest BCUT2D eigenvalue weighted by molar-refractivity contribution is 6.97. The van der Waals surface area contributed by atoms with Crippen molar-refractivity contribution in [2.24, 2.45) is 0 Å². The Balaban J connectivity index is 4.90. The van der Waals surface area contributed by atoms with Gasteiger partial charge in [-0.25, -0.2) is 0 Å². The summed E-state index contributed by atoms with van der Waals surface area (Å²) >= 11 is 0. The first-order valence-corrected chi connectivity index (χ1v) is 11.1. The second-order valence-corrected chi connectivity index (χ2v) is 13.5. The third-order valence-electron chi connectivity index (χ3n) is 3.80. The minimum atomic E-state index is -1.41. The van der Waals surface area contributed by atoms with Gasteiger partial charge in [0.1, 0.15) is 16.5 Å². The van der Waals surface area contributed by atoms with Crippen LogP contribution in [0.2, 0.25) is 24.2 Å². The van der Waals surface area contributed by atoms with Crippen LogP contribution in [0.15, 0.2) is 24.6 Å². The molecule has 15 heavy (non-hydrogen) atoms. The second kappa shape index (κ2) is 6.45. The molecule has 0 aromatic rings. The van der Waals surface area contributed by atoms with Crippen molar-refractivity contribution in [1.29, 1.82) is 0 Å². The zero-order valence-electron chi connectivity index (χ0n) is 10.9. The van der Waals surface area contributed by atoms with Crippen LogP contribution in [-0.2, 0) is 0 Å². The Morgan fingerprint density at radius 3 is 1.20 bits per heavy atom. The zero-order chi connectivity index (χ0) is 11.9. The SMILES string of the molecule is C=C[Si](CC)(CC)N[Si](C=C)(CC)CC. The molecule has 0 fully saturated rings. The van der Waals surface area contributed by atoms with Crippen LogP contribution in [0.25, 0.3) is 0 Å². The number of rotatable bonds is 8. The second-order valence-electron chi connectivity index (χ2n) is 4.26. The molecule has 88 valence electrons. The molecule has 0 aliphatic rings. The highest BCUT2D eigenvalue weighted by Crippen LogP contribution is 2.21. The molecule has 0 amide bonds. The van der Waals surface area contributed by atoms with Crippen LogP contribution in [-0.4, -0.2) is 16.5 Å². The molecular formula is C12H27NSi2. The van der Waals surface area contributed by atoms with Crippen molar-refractivity contribution in [1.82, 2.24) is 4.65 Å². The molecule has 1 nitrogen and oxygen atoms in total. The fourth-order valence-corrected chi connectivity index (χ4v) is 11.8. The van der Waals surface area contributed by atoms with E-state index in [1.165, 1.54) is 24.2 Å². The summed E-state index contributed by atoms with van der Waals surface area (Å²) in [6, 6.07) is 4.98. The van der Waals surface area contributed by atoms with Gasteiger partial charge < -0.3 is 4.65 Å². The molecule has 0 spiro atoms. The minimum Gasteiger partial charge on any atom is -0.353 e. The Morgan fingerprint density at radius 2 is 1.07 bits per heavy atom. The lowest BCUT2D eigenvalue weighted by molar-refractivity contribution is 1.11. The molecule has 0 aliphatic heterocycles. The predicted molar refractivity (Wildman–Crippen MR) is 77.0 cm³/mol. The van der Waals surface area contributed by atoms with E-state index in [0.29, 0.717) is 0 Å². The standard InChI is InChI=1S/C12H27NSi2/c1-7-14(8-2,9-3)13-15(10-4,11-5)12-6/h7,10,13H,1,4,8-9,11-12H2,2-3,5-6H3. The summed E-state index contributed by atoms with van der Waals surface area (Å²) in [5, 5.41) is 0. The molecule has 0 saturated heterocycles. The van der Waals surface area contributed by atoms with Gasteiger partial charge in [0.2, 0.25) is 0 Å². The lowest BCUT2D eigenvalue weighted by atomic mass is 10.9. The van der Waals surface area contributed by atoms with E-state index in [9.17, 15) is 0 Å². The van der Waals surface area contributed by atoms with E-state index in [2.05, 4.69) is 56.9 Å². The van der Waals surface area contributed by atoms with E-state index in [0.717, 1.165) is 0 Å². The Kier molecular flexibility index (Phi) is 6.40. The monoisotopic (exact) mass is 241 g/mol. The maximum absolute atomic E-state index is 4.05. The predicted octanol–water partition coefficient (Wildman–Crippen LogP) is 4.00. The van der Waals surface area contributed by atoms with Crippen molar-refractivity contribution in [3.05, 3.63) is 24.6 Å². The quantitative estimate of drug-likeness (QED) is 0.634. The molecule has 0 aromatic heterocycles. The summed E-state index contributed by atoms with van der Waals surface area (Å²) in [6.07, 6.45) is 0. The van der Waals surface area contributed by atoms with E-state index in [-0.39, 0.29) is 0 Å². The smallest absolute Gasteiger partial charge is 0.143 e. The van der Waals surface area contributed by atoms with Gasteiger partial charge in [-0.15, -0.1) is 13.2 Å². The third kappa shape index (κ3) is 3.43. The van der Waals surface area contributed by atoms with Crippen LogP contribution < -0.4 is 4.65 Å². The molecule has 0 bridgehead atoms. The Labute approximate surface area is 97.8 Å². The maximum Gasteiger partial charge on any atom is 0.143 e. The first-order valence-electron chi connectivity index (χ1n) is 6.14. The Bertz CT molecular complexity index is 184. The van der Waals surface area contributed by atoms with Crippen LogP contribution in [0.1, 0.15) is 27.7 Å². The van der Waals surface area contributed by atoms with Gasteiger partial charge in [0.25, 0.3) is 0 Å². The summed E-state index contributed by atoms with van der Waals surface area (Å²) in [5.41, 5.74) is 4.45. The van der Waals surface area contributed by atoms with E-state index in [1.54, 1.807) is 0 Å². The van der Waals surface area contributed by atoms with Gasteiger partial charge in [0.15, 0.2) is 0 Å². The molecule has 3 heteroatoms. The maximum atomic E-state index is 4.05. The Morgan fingerprint density at radius 1 is 0.800 bits per heavy atom. The van der Waals surface area contributed by atoms with Crippen LogP contribution in [0.5, 0.6) is 0 Å². The average molecular weight is 242 g/mol. The van der Waals surface area contributed by atoms with Gasteiger partial charge in [-0.05, 0) is 24.2 Å². The molecule has 0 heterocycles. The Hall–Kier alpha value is -0.126. The van der Waals surface area contributed by atoms with E-state index < -0.39 is 16.5 Å². The van der Waals surface area contributed by atoms with Gasteiger partial charge >= 0.3 is 0 Å². The van der Waals surface area contributed by atoms with Gasteiger partial charge in [-0.1, -0.05) is 39.1 Å². The highest BCUT2D eigenvalue weighted by atomic mass is 28.4. The summed E-state index contributed by atoms with van der Waals surface area (Å²) in [4.78, 5) is 0. The van der Waals surface area contributed by atoms with Crippen molar-refractivity contribution in [2.45, 2.75) is 51.9 Å². The van der Waals surface area contributed by atoms with Gasteiger partial charge in [0, 0.05) is 0 Å². The van der Waals surface area contributed by atoms with Crippen molar-refractivity contribution in [3.63, 3.8) is 0 Å². The summed E-state index contributed by atoms with van der Waals surface area (Å²) in [5.74, 6) is 0. The summed E-state index contributed by atoms with van der Waals surface area (Å²) in [6.45, 7) is 17.3. The molecule has 0 aliphatic carbocycles. The molecule has 0 rings (SSSR count). The lowest BCUT2D eigenvalue weighted by Crippen LogP contribution is -2.62. The molecular weight excluding hydrogens is 214 g/mol. The first-order chi connectivity index (χ1) is 7.07. The normalized spacial score (nSPS) is 12.5. The average Bonchev–Trinajstić information content (AvgIpc) is 2.33. The zero-order valence-corrected chi connectivity index (χ0v) is 12.9.